The fraction of sp³-hybridized carbons (Fsp3) is 0.286. The summed E-state index contributed by atoms with van der Waals surface area (Å²) in [6, 6.07) is 3.18. The molecule has 0 atom stereocenters. The molecule has 0 saturated heterocycles. The summed E-state index contributed by atoms with van der Waals surface area (Å²) < 4.78 is 12.2. The van der Waals surface area contributed by atoms with Gasteiger partial charge in [-0.05, 0) is 13.0 Å². The monoisotopic (exact) mass is 277 g/mol. The Morgan fingerprint density at radius 1 is 1.35 bits per heavy atom. The van der Waals surface area contributed by atoms with Gasteiger partial charge in [-0.2, -0.15) is 0 Å². The van der Waals surface area contributed by atoms with E-state index in [0.29, 0.717) is 23.6 Å². The maximum Gasteiger partial charge on any atom is 0.341 e. The van der Waals surface area contributed by atoms with E-state index in [1.54, 1.807) is 17.7 Å². The maximum atomic E-state index is 12.2. The van der Waals surface area contributed by atoms with Crippen LogP contribution in [0.4, 0.5) is 0 Å². The van der Waals surface area contributed by atoms with Crippen molar-refractivity contribution in [1.82, 2.24) is 4.57 Å². The van der Waals surface area contributed by atoms with Crippen molar-refractivity contribution >= 4 is 16.9 Å². The zero-order valence-electron chi connectivity index (χ0n) is 11.5. The summed E-state index contributed by atoms with van der Waals surface area (Å²) in [6.07, 6.45) is 1.30. The number of carboxylic acid groups (broad SMARTS) is 1. The Kier molecular flexibility index (Phi) is 3.65. The summed E-state index contributed by atoms with van der Waals surface area (Å²) in [4.78, 5) is 23.2. The molecule has 0 aliphatic rings. The SMILES string of the molecule is CCOc1cc2c(cc1OC)c(=O)c(C(=O)O)cn2C. The molecule has 106 valence electrons. The molecule has 0 fully saturated rings. The van der Waals surface area contributed by atoms with Crippen LogP contribution in [-0.2, 0) is 7.05 Å². The van der Waals surface area contributed by atoms with Gasteiger partial charge in [-0.1, -0.05) is 0 Å². The van der Waals surface area contributed by atoms with Gasteiger partial charge in [0.15, 0.2) is 11.5 Å². The molecule has 2 aromatic rings. The third-order valence-electron chi connectivity index (χ3n) is 3.00. The number of fused-ring (bicyclic) bond motifs is 1. The minimum Gasteiger partial charge on any atom is -0.493 e. The zero-order chi connectivity index (χ0) is 14.9. The van der Waals surface area contributed by atoms with Crippen LogP contribution in [0.2, 0.25) is 0 Å². The Morgan fingerprint density at radius 2 is 2.05 bits per heavy atom. The second-order valence-electron chi connectivity index (χ2n) is 4.24. The second kappa shape index (κ2) is 5.24. The van der Waals surface area contributed by atoms with Crippen LogP contribution < -0.4 is 14.9 Å². The smallest absolute Gasteiger partial charge is 0.341 e. The van der Waals surface area contributed by atoms with Crippen LogP contribution in [0.5, 0.6) is 11.5 Å². The van der Waals surface area contributed by atoms with Crippen LogP contribution in [0.25, 0.3) is 10.9 Å². The second-order valence-corrected chi connectivity index (χ2v) is 4.24. The van der Waals surface area contributed by atoms with E-state index in [1.807, 2.05) is 6.92 Å². The molecule has 0 spiro atoms. The number of nitrogens with zero attached hydrogens (tertiary/aromatic N) is 1. The number of benzene rings is 1. The number of carbonyl (C=O) groups is 1. The number of aromatic carboxylic acids is 1. The molecule has 0 bridgehead atoms. The first kappa shape index (κ1) is 13.9. The van der Waals surface area contributed by atoms with Crippen LogP contribution >= 0.6 is 0 Å². The molecule has 0 radical (unpaired) electrons. The van der Waals surface area contributed by atoms with Gasteiger partial charge in [-0.15, -0.1) is 0 Å². The van der Waals surface area contributed by atoms with Crippen LogP contribution in [0, 0.1) is 0 Å². The molecule has 0 aliphatic heterocycles. The quantitative estimate of drug-likeness (QED) is 0.919. The lowest BCUT2D eigenvalue weighted by Gasteiger charge is -2.13. The lowest BCUT2D eigenvalue weighted by atomic mass is 10.1. The van der Waals surface area contributed by atoms with Crippen LogP contribution in [0.15, 0.2) is 23.1 Å². The number of hydrogen-bond acceptors (Lipinski definition) is 4. The average molecular weight is 277 g/mol. The lowest BCUT2D eigenvalue weighted by molar-refractivity contribution is 0.0695. The highest BCUT2D eigenvalue weighted by Crippen LogP contribution is 2.31. The highest BCUT2D eigenvalue weighted by Gasteiger charge is 2.16. The zero-order valence-corrected chi connectivity index (χ0v) is 11.5. The highest BCUT2D eigenvalue weighted by molar-refractivity contribution is 5.93. The molecule has 6 nitrogen and oxygen atoms in total. The first-order valence-corrected chi connectivity index (χ1v) is 6.07. The number of aryl methyl sites for hydroxylation is 1. The molecule has 0 aliphatic carbocycles. The average Bonchev–Trinajstić information content (AvgIpc) is 2.42. The molecule has 0 amide bonds. The van der Waals surface area contributed by atoms with E-state index in [-0.39, 0.29) is 10.9 Å². The van der Waals surface area contributed by atoms with Crippen LogP contribution in [0.3, 0.4) is 0 Å². The van der Waals surface area contributed by atoms with E-state index in [9.17, 15) is 9.59 Å². The first-order valence-electron chi connectivity index (χ1n) is 6.07. The number of methoxy groups -OCH3 is 1. The normalized spacial score (nSPS) is 10.6. The molecule has 2 rings (SSSR count). The summed E-state index contributed by atoms with van der Waals surface area (Å²) in [6.45, 7) is 2.30. The van der Waals surface area contributed by atoms with Crippen molar-refractivity contribution in [3.63, 3.8) is 0 Å². The maximum absolute atomic E-state index is 12.2. The molecule has 1 aromatic heterocycles. The number of ether oxygens (including phenoxy) is 2. The molecular weight excluding hydrogens is 262 g/mol. The number of aromatic nitrogens is 1. The fourth-order valence-corrected chi connectivity index (χ4v) is 2.07. The Morgan fingerprint density at radius 3 is 2.60 bits per heavy atom. The van der Waals surface area contributed by atoms with Gasteiger partial charge in [0.25, 0.3) is 0 Å². The predicted octanol–water partition coefficient (Wildman–Crippen LogP) is 1.64. The fourth-order valence-electron chi connectivity index (χ4n) is 2.07. The predicted molar refractivity (Wildman–Crippen MR) is 73.9 cm³/mol. The number of carboxylic acids is 1. The van der Waals surface area contributed by atoms with Gasteiger partial charge in [-0.25, -0.2) is 4.79 Å². The van der Waals surface area contributed by atoms with Gasteiger partial charge in [0.1, 0.15) is 5.56 Å². The molecule has 1 aromatic carbocycles. The minimum absolute atomic E-state index is 0.272. The van der Waals surface area contributed by atoms with Gasteiger partial charge in [0, 0.05) is 19.3 Å². The van der Waals surface area contributed by atoms with Crippen LogP contribution in [-0.4, -0.2) is 29.4 Å². The highest BCUT2D eigenvalue weighted by atomic mass is 16.5. The van der Waals surface area contributed by atoms with Crippen molar-refractivity contribution in [3.05, 3.63) is 34.1 Å². The topological polar surface area (TPSA) is 77.8 Å². The van der Waals surface area contributed by atoms with Crippen molar-refractivity contribution in [2.45, 2.75) is 6.92 Å². The minimum atomic E-state index is -1.25. The molecule has 0 saturated carbocycles. The molecule has 20 heavy (non-hydrogen) atoms. The van der Waals surface area contributed by atoms with Crippen molar-refractivity contribution in [1.29, 1.82) is 0 Å². The van der Waals surface area contributed by atoms with Crippen molar-refractivity contribution in [2.24, 2.45) is 7.05 Å². The van der Waals surface area contributed by atoms with Crippen molar-refractivity contribution in [2.75, 3.05) is 13.7 Å². The summed E-state index contributed by atoms with van der Waals surface area (Å²) in [5.74, 6) is -0.333. The van der Waals surface area contributed by atoms with Crippen LogP contribution in [0.1, 0.15) is 17.3 Å². The van der Waals surface area contributed by atoms with E-state index >= 15 is 0 Å². The third-order valence-corrected chi connectivity index (χ3v) is 3.00. The van der Waals surface area contributed by atoms with Gasteiger partial charge < -0.3 is 19.1 Å². The number of hydrogen-bond donors (Lipinski definition) is 1. The molecule has 1 heterocycles. The van der Waals surface area contributed by atoms with Gasteiger partial charge in [0.05, 0.1) is 24.6 Å². The first-order chi connectivity index (χ1) is 9.49. The van der Waals surface area contributed by atoms with E-state index < -0.39 is 11.4 Å². The number of pyridine rings is 1. The summed E-state index contributed by atoms with van der Waals surface area (Å²) in [5.41, 5.74) is -0.220. The lowest BCUT2D eigenvalue weighted by Crippen LogP contribution is -2.18. The Bertz CT molecular complexity index is 732. The molecule has 1 N–H and O–H groups in total. The van der Waals surface area contributed by atoms with E-state index in [1.165, 1.54) is 19.4 Å². The van der Waals surface area contributed by atoms with Crippen molar-refractivity contribution < 1.29 is 19.4 Å². The molecular formula is C14H15NO5. The van der Waals surface area contributed by atoms with Gasteiger partial charge >= 0.3 is 5.97 Å². The largest absolute Gasteiger partial charge is 0.493 e. The Labute approximate surface area is 115 Å². The summed E-state index contributed by atoms with van der Waals surface area (Å²) in [7, 11) is 3.14. The number of rotatable bonds is 4. The molecule has 0 unspecified atom stereocenters. The van der Waals surface area contributed by atoms with E-state index in [2.05, 4.69) is 0 Å². The standard InChI is InChI=1S/C14H15NO5/c1-4-20-12-6-10-8(5-11(12)19-3)13(16)9(14(17)18)7-15(10)2/h5-7H,4H2,1-3H3,(H,17,18). The van der Waals surface area contributed by atoms with Gasteiger partial charge in [0.2, 0.25) is 5.43 Å². The summed E-state index contributed by atoms with van der Waals surface area (Å²) >= 11 is 0. The van der Waals surface area contributed by atoms with E-state index in [0.717, 1.165) is 0 Å². The Hall–Kier alpha value is -2.50. The third kappa shape index (κ3) is 2.20. The summed E-state index contributed by atoms with van der Waals surface area (Å²) in [5, 5.41) is 9.33. The Balaban J connectivity index is 2.84. The van der Waals surface area contributed by atoms with Gasteiger partial charge in [-0.3, -0.25) is 4.79 Å². The van der Waals surface area contributed by atoms with Crippen molar-refractivity contribution in [3.8, 4) is 11.5 Å². The molecule has 6 heteroatoms. The van der Waals surface area contributed by atoms with E-state index in [4.69, 9.17) is 14.6 Å².